The lowest BCUT2D eigenvalue weighted by Crippen LogP contribution is -2.51. The third-order valence-corrected chi connectivity index (χ3v) is 5.65. The maximum absolute atomic E-state index is 12.2. The first-order valence-corrected chi connectivity index (χ1v) is 9.74. The summed E-state index contributed by atoms with van der Waals surface area (Å²) in [7, 11) is 0. The molecule has 0 radical (unpaired) electrons. The number of thioether (sulfide) groups is 1. The first-order valence-electron chi connectivity index (χ1n) is 8.76. The number of aryl methyl sites for hydroxylation is 2. The van der Waals surface area contributed by atoms with Crippen molar-refractivity contribution >= 4 is 17.7 Å². The first kappa shape index (κ1) is 19.3. The third kappa shape index (κ3) is 5.80. The standard InChI is InChI=1S/C19H30N2O2S/c1-14(2)17(21-7-9-23-10-8-21)12-20-19(22)13-24-18-11-15(3)5-6-16(18)4/h5-6,11,14,17H,7-10,12-13H2,1-4H3,(H,20,22). The van der Waals surface area contributed by atoms with Crippen LogP contribution in [-0.2, 0) is 9.53 Å². The van der Waals surface area contributed by atoms with E-state index in [1.165, 1.54) is 16.0 Å². The minimum atomic E-state index is 0.111. The Hall–Kier alpha value is -1.04. The lowest BCUT2D eigenvalue weighted by molar-refractivity contribution is -0.119. The van der Waals surface area contributed by atoms with Gasteiger partial charge in [-0.25, -0.2) is 0 Å². The second kappa shape index (κ2) is 9.44. The summed E-state index contributed by atoms with van der Waals surface area (Å²) in [4.78, 5) is 15.9. The fourth-order valence-corrected chi connectivity index (χ4v) is 3.92. The topological polar surface area (TPSA) is 41.6 Å². The summed E-state index contributed by atoms with van der Waals surface area (Å²) in [6, 6.07) is 6.75. The number of nitrogens with one attached hydrogen (secondary N) is 1. The largest absolute Gasteiger partial charge is 0.379 e. The predicted octanol–water partition coefficient (Wildman–Crippen LogP) is 2.87. The normalized spacial score (nSPS) is 17.0. The maximum atomic E-state index is 12.2. The molecule has 0 saturated carbocycles. The molecule has 2 rings (SSSR count). The van der Waals surface area contributed by atoms with Crippen LogP contribution in [0.2, 0.25) is 0 Å². The summed E-state index contributed by atoms with van der Waals surface area (Å²) in [5.41, 5.74) is 2.46. The second-order valence-electron chi connectivity index (χ2n) is 6.82. The van der Waals surface area contributed by atoms with E-state index < -0.39 is 0 Å². The van der Waals surface area contributed by atoms with Crippen LogP contribution in [0.25, 0.3) is 0 Å². The molecular formula is C19H30N2O2S. The fourth-order valence-electron chi connectivity index (χ4n) is 2.97. The van der Waals surface area contributed by atoms with Crippen LogP contribution in [0.15, 0.2) is 23.1 Å². The first-order chi connectivity index (χ1) is 11.5. The van der Waals surface area contributed by atoms with Crippen molar-refractivity contribution in [2.45, 2.75) is 38.6 Å². The summed E-state index contributed by atoms with van der Waals surface area (Å²) in [6.45, 7) is 12.8. The van der Waals surface area contributed by atoms with Crippen LogP contribution in [0.1, 0.15) is 25.0 Å². The molecule has 0 aromatic heterocycles. The molecule has 5 heteroatoms. The van der Waals surface area contributed by atoms with Gasteiger partial charge in [-0.05, 0) is 31.4 Å². The number of carbonyl (C=O) groups is 1. The molecule has 0 aliphatic carbocycles. The Morgan fingerprint density at radius 3 is 2.67 bits per heavy atom. The minimum absolute atomic E-state index is 0.111. The van der Waals surface area contributed by atoms with Crippen LogP contribution in [0.3, 0.4) is 0 Å². The smallest absolute Gasteiger partial charge is 0.230 e. The zero-order valence-corrected chi connectivity index (χ0v) is 16.1. The van der Waals surface area contributed by atoms with Gasteiger partial charge in [0.25, 0.3) is 0 Å². The van der Waals surface area contributed by atoms with Gasteiger partial charge in [-0.3, -0.25) is 9.69 Å². The molecule has 0 bridgehead atoms. The Morgan fingerprint density at radius 1 is 1.29 bits per heavy atom. The Kier molecular flexibility index (Phi) is 7.59. The van der Waals surface area contributed by atoms with Crippen molar-refractivity contribution in [2.24, 2.45) is 5.92 Å². The van der Waals surface area contributed by atoms with E-state index in [-0.39, 0.29) is 5.91 Å². The molecule has 1 saturated heterocycles. The minimum Gasteiger partial charge on any atom is -0.379 e. The van der Waals surface area contributed by atoms with E-state index in [0.717, 1.165) is 26.3 Å². The molecule has 1 atom stereocenters. The molecule has 1 amide bonds. The number of benzene rings is 1. The van der Waals surface area contributed by atoms with Crippen molar-refractivity contribution in [3.05, 3.63) is 29.3 Å². The van der Waals surface area contributed by atoms with Crippen LogP contribution in [0.5, 0.6) is 0 Å². The Morgan fingerprint density at radius 2 is 2.00 bits per heavy atom. The Balaban J connectivity index is 1.81. The van der Waals surface area contributed by atoms with E-state index in [1.807, 2.05) is 0 Å². The summed E-state index contributed by atoms with van der Waals surface area (Å²) < 4.78 is 5.43. The molecule has 1 aliphatic heterocycles. The number of carbonyl (C=O) groups excluding carboxylic acids is 1. The molecule has 24 heavy (non-hydrogen) atoms. The SMILES string of the molecule is Cc1ccc(C)c(SCC(=O)NCC(C(C)C)N2CCOCC2)c1. The van der Waals surface area contributed by atoms with Crippen LogP contribution in [-0.4, -0.2) is 55.4 Å². The van der Waals surface area contributed by atoms with Crippen LogP contribution in [0.4, 0.5) is 0 Å². The highest BCUT2D eigenvalue weighted by Crippen LogP contribution is 2.23. The number of amides is 1. The molecular weight excluding hydrogens is 320 g/mol. The zero-order chi connectivity index (χ0) is 17.5. The molecule has 1 unspecified atom stereocenters. The highest BCUT2D eigenvalue weighted by Gasteiger charge is 2.24. The van der Waals surface area contributed by atoms with E-state index in [4.69, 9.17) is 4.74 Å². The molecule has 1 N–H and O–H groups in total. The Labute approximate surface area is 150 Å². The summed E-state index contributed by atoms with van der Waals surface area (Å²) >= 11 is 1.62. The lowest BCUT2D eigenvalue weighted by Gasteiger charge is -2.36. The van der Waals surface area contributed by atoms with Gasteiger partial charge in [0.05, 0.1) is 19.0 Å². The molecule has 0 spiro atoms. The Bertz CT molecular complexity index is 542. The molecule has 4 nitrogen and oxygen atoms in total. The van der Waals surface area contributed by atoms with Gasteiger partial charge in [0, 0.05) is 30.6 Å². The highest BCUT2D eigenvalue weighted by atomic mass is 32.2. The van der Waals surface area contributed by atoms with Crippen molar-refractivity contribution in [3.63, 3.8) is 0 Å². The van der Waals surface area contributed by atoms with Crippen LogP contribution >= 0.6 is 11.8 Å². The van der Waals surface area contributed by atoms with Gasteiger partial charge in [-0.2, -0.15) is 0 Å². The predicted molar refractivity (Wildman–Crippen MR) is 101 cm³/mol. The monoisotopic (exact) mass is 350 g/mol. The molecule has 1 aliphatic rings. The van der Waals surface area contributed by atoms with Gasteiger partial charge in [0.1, 0.15) is 0 Å². The number of ether oxygens (including phenoxy) is 1. The molecule has 1 aromatic rings. The van der Waals surface area contributed by atoms with E-state index in [1.54, 1.807) is 11.8 Å². The van der Waals surface area contributed by atoms with Crippen molar-refractivity contribution in [3.8, 4) is 0 Å². The van der Waals surface area contributed by atoms with Crippen molar-refractivity contribution in [1.82, 2.24) is 10.2 Å². The average Bonchev–Trinajstić information content (AvgIpc) is 2.56. The summed E-state index contributed by atoms with van der Waals surface area (Å²) in [5, 5.41) is 3.12. The number of hydrogen-bond donors (Lipinski definition) is 1. The molecule has 134 valence electrons. The highest BCUT2D eigenvalue weighted by molar-refractivity contribution is 8.00. The van der Waals surface area contributed by atoms with Gasteiger partial charge in [0.15, 0.2) is 0 Å². The summed E-state index contributed by atoms with van der Waals surface area (Å²) in [5.74, 6) is 1.09. The number of morpholine rings is 1. The van der Waals surface area contributed by atoms with E-state index >= 15 is 0 Å². The van der Waals surface area contributed by atoms with Crippen molar-refractivity contribution < 1.29 is 9.53 Å². The average molecular weight is 351 g/mol. The lowest BCUT2D eigenvalue weighted by atomic mass is 10.0. The number of nitrogens with zero attached hydrogens (tertiary/aromatic N) is 1. The van der Waals surface area contributed by atoms with Crippen molar-refractivity contribution in [1.29, 1.82) is 0 Å². The molecule has 1 aromatic carbocycles. The van der Waals surface area contributed by atoms with E-state index in [0.29, 0.717) is 24.3 Å². The van der Waals surface area contributed by atoms with Gasteiger partial charge in [0.2, 0.25) is 5.91 Å². The second-order valence-corrected chi connectivity index (χ2v) is 7.84. The zero-order valence-electron chi connectivity index (χ0n) is 15.3. The van der Waals surface area contributed by atoms with Gasteiger partial charge in [-0.15, -0.1) is 11.8 Å². The third-order valence-electron chi connectivity index (χ3n) is 4.50. The summed E-state index contributed by atoms with van der Waals surface area (Å²) in [6.07, 6.45) is 0. The molecule has 1 heterocycles. The van der Waals surface area contributed by atoms with Gasteiger partial charge in [-0.1, -0.05) is 31.5 Å². The van der Waals surface area contributed by atoms with Crippen molar-refractivity contribution in [2.75, 3.05) is 38.6 Å². The number of hydrogen-bond acceptors (Lipinski definition) is 4. The van der Waals surface area contributed by atoms with Crippen LogP contribution in [0, 0.1) is 19.8 Å². The maximum Gasteiger partial charge on any atom is 0.230 e. The van der Waals surface area contributed by atoms with Crippen LogP contribution < -0.4 is 5.32 Å². The van der Waals surface area contributed by atoms with E-state index in [2.05, 4.69) is 56.1 Å². The molecule has 1 fully saturated rings. The quantitative estimate of drug-likeness (QED) is 0.768. The van der Waals surface area contributed by atoms with E-state index in [9.17, 15) is 4.79 Å². The van der Waals surface area contributed by atoms with Gasteiger partial charge < -0.3 is 10.1 Å². The van der Waals surface area contributed by atoms with Gasteiger partial charge >= 0.3 is 0 Å². The number of rotatable bonds is 7. The fraction of sp³-hybridized carbons (Fsp3) is 0.632.